The summed E-state index contributed by atoms with van der Waals surface area (Å²) in [5.74, 6) is -0.398. The van der Waals surface area contributed by atoms with E-state index in [9.17, 15) is 4.39 Å². The highest BCUT2D eigenvalue weighted by molar-refractivity contribution is 6.09. The molecular weight excluding hydrogens is 341 g/mol. The molecule has 0 saturated heterocycles. The molecule has 6 heteroatoms. The standard InChI is InChI=1S/C21H18FN5/c1-24-11-17(10-23)16-9-19(22)21-26-12-18(27(21)13-16)8-14-4-5-20-15(7-14)3-2-6-25-20/h2-7,9-13H,8,23H2,1H3/b17-10+,24-11?. The number of benzene rings is 1. The highest BCUT2D eigenvalue weighted by Gasteiger charge is 2.12. The number of hydrogen-bond acceptors (Lipinski definition) is 4. The summed E-state index contributed by atoms with van der Waals surface area (Å²) in [6.45, 7) is 0. The van der Waals surface area contributed by atoms with Crippen molar-refractivity contribution in [2.24, 2.45) is 10.7 Å². The zero-order valence-corrected chi connectivity index (χ0v) is 14.8. The van der Waals surface area contributed by atoms with E-state index in [1.807, 2.05) is 30.5 Å². The van der Waals surface area contributed by atoms with Gasteiger partial charge in [0.15, 0.2) is 11.5 Å². The van der Waals surface area contributed by atoms with Gasteiger partial charge < -0.3 is 10.1 Å². The fraction of sp³-hybridized carbons (Fsp3) is 0.0952. The van der Waals surface area contributed by atoms with Crippen LogP contribution in [-0.4, -0.2) is 27.6 Å². The van der Waals surface area contributed by atoms with Crippen LogP contribution in [0.3, 0.4) is 0 Å². The summed E-state index contributed by atoms with van der Waals surface area (Å²) in [6.07, 6.45) is 8.96. The molecule has 0 fully saturated rings. The third-order valence-electron chi connectivity index (χ3n) is 4.47. The third kappa shape index (κ3) is 3.17. The van der Waals surface area contributed by atoms with Crippen LogP contribution < -0.4 is 5.73 Å². The Morgan fingerprint density at radius 1 is 1.26 bits per heavy atom. The number of nitrogens with zero attached hydrogens (tertiary/aromatic N) is 4. The summed E-state index contributed by atoms with van der Waals surface area (Å²) in [6, 6.07) is 11.5. The van der Waals surface area contributed by atoms with Crippen LogP contribution in [0.4, 0.5) is 4.39 Å². The molecule has 0 aliphatic heterocycles. The first-order valence-electron chi connectivity index (χ1n) is 8.53. The van der Waals surface area contributed by atoms with Gasteiger partial charge >= 0.3 is 0 Å². The van der Waals surface area contributed by atoms with Gasteiger partial charge in [-0.2, -0.15) is 0 Å². The maximum absolute atomic E-state index is 14.5. The van der Waals surface area contributed by atoms with Gasteiger partial charge in [0.1, 0.15) is 0 Å². The lowest BCUT2D eigenvalue weighted by molar-refractivity contribution is 0.629. The first-order chi connectivity index (χ1) is 13.2. The van der Waals surface area contributed by atoms with Gasteiger partial charge in [0.2, 0.25) is 0 Å². The fourth-order valence-corrected chi connectivity index (χ4v) is 3.18. The van der Waals surface area contributed by atoms with E-state index in [0.29, 0.717) is 23.2 Å². The molecule has 0 saturated carbocycles. The lowest BCUT2D eigenvalue weighted by Gasteiger charge is -2.08. The average Bonchev–Trinajstić information content (AvgIpc) is 3.09. The molecule has 0 aliphatic rings. The van der Waals surface area contributed by atoms with Crippen LogP contribution in [-0.2, 0) is 6.42 Å². The zero-order valence-electron chi connectivity index (χ0n) is 14.8. The quantitative estimate of drug-likeness (QED) is 0.566. The topological polar surface area (TPSA) is 68.6 Å². The normalized spacial score (nSPS) is 12.4. The molecule has 27 heavy (non-hydrogen) atoms. The number of rotatable bonds is 4. The van der Waals surface area contributed by atoms with Gasteiger partial charge in [-0.3, -0.25) is 9.98 Å². The predicted molar refractivity (Wildman–Crippen MR) is 106 cm³/mol. The zero-order chi connectivity index (χ0) is 18.8. The Balaban J connectivity index is 1.78. The number of aromatic nitrogens is 3. The van der Waals surface area contributed by atoms with E-state index in [1.165, 1.54) is 12.3 Å². The molecule has 0 aliphatic carbocycles. The van der Waals surface area contributed by atoms with Crippen molar-refractivity contribution in [2.45, 2.75) is 6.42 Å². The van der Waals surface area contributed by atoms with E-state index in [-0.39, 0.29) is 0 Å². The molecule has 3 aromatic heterocycles. The van der Waals surface area contributed by atoms with E-state index >= 15 is 0 Å². The second-order valence-electron chi connectivity index (χ2n) is 6.24. The number of hydrogen-bond donors (Lipinski definition) is 1. The van der Waals surface area contributed by atoms with Crippen molar-refractivity contribution < 1.29 is 4.39 Å². The highest BCUT2D eigenvalue weighted by atomic mass is 19.1. The van der Waals surface area contributed by atoms with Gasteiger partial charge in [-0.1, -0.05) is 12.1 Å². The minimum Gasteiger partial charge on any atom is -0.404 e. The van der Waals surface area contributed by atoms with Crippen LogP contribution >= 0.6 is 0 Å². The minimum atomic E-state index is -0.398. The molecule has 4 rings (SSSR count). The Morgan fingerprint density at radius 3 is 2.96 bits per heavy atom. The Morgan fingerprint density at radius 2 is 2.15 bits per heavy atom. The molecule has 3 heterocycles. The van der Waals surface area contributed by atoms with E-state index < -0.39 is 5.82 Å². The molecule has 4 aromatic rings. The molecule has 0 amide bonds. The van der Waals surface area contributed by atoms with Crippen molar-refractivity contribution in [3.05, 3.63) is 83.8 Å². The van der Waals surface area contributed by atoms with E-state index in [4.69, 9.17) is 5.73 Å². The molecule has 0 unspecified atom stereocenters. The number of imidazole rings is 1. The van der Waals surface area contributed by atoms with Crippen LogP contribution in [0.5, 0.6) is 0 Å². The summed E-state index contributed by atoms with van der Waals surface area (Å²) in [4.78, 5) is 12.6. The van der Waals surface area contributed by atoms with Crippen molar-refractivity contribution >= 4 is 28.3 Å². The number of pyridine rings is 2. The second kappa shape index (κ2) is 6.99. The second-order valence-corrected chi connectivity index (χ2v) is 6.24. The Bertz CT molecular complexity index is 1190. The maximum Gasteiger partial charge on any atom is 0.173 e. The Hall–Kier alpha value is -3.54. The SMILES string of the molecule is CN=C/C(=C\N)c1cc(F)c2ncc(Cc3ccc4ncccc4c3)n2c1. The maximum atomic E-state index is 14.5. The van der Waals surface area contributed by atoms with Crippen LogP contribution in [0.25, 0.3) is 22.1 Å². The highest BCUT2D eigenvalue weighted by Crippen LogP contribution is 2.21. The summed E-state index contributed by atoms with van der Waals surface area (Å²) in [5.41, 5.74) is 10.2. The number of fused-ring (bicyclic) bond motifs is 2. The summed E-state index contributed by atoms with van der Waals surface area (Å²) in [5, 5.41) is 1.07. The molecule has 0 radical (unpaired) electrons. The van der Waals surface area contributed by atoms with Crippen LogP contribution in [0, 0.1) is 5.82 Å². The van der Waals surface area contributed by atoms with Crippen LogP contribution in [0.1, 0.15) is 16.8 Å². The van der Waals surface area contributed by atoms with Crippen molar-refractivity contribution in [3.8, 4) is 0 Å². The van der Waals surface area contributed by atoms with E-state index in [2.05, 4.69) is 21.0 Å². The van der Waals surface area contributed by atoms with Gasteiger partial charge in [-0.15, -0.1) is 0 Å². The van der Waals surface area contributed by atoms with Crippen molar-refractivity contribution in [1.82, 2.24) is 14.4 Å². The van der Waals surface area contributed by atoms with Gasteiger partial charge in [-0.05, 0) is 29.8 Å². The van der Waals surface area contributed by atoms with Crippen molar-refractivity contribution in [3.63, 3.8) is 0 Å². The predicted octanol–water partition coefficient (Wildman–Crippen LogP) is 3.61. The van der Waals surface area contributed by atoms with Gasteiger partial charge in [-0.25, -0.2) is 9.37 Å². The first-order valence-corrected chi connectivity index (χ1v) is 8.53. The van der Waals surface area contributed by atoms with Gasteiger partial charge in [0.25, 0.3) is 0 Å². The van der Waals surface area contributed by atoms with Gasteiger partial charge in [0, 0.05) is 66.7 Å². The lowest BCUT2D eigenvalue weighted by Crippen LogP contribution is -2.00. The molecule has 0 spiro atoms. The Kier molecular flexibility index (Phi) is 4.38. The van der Waals surface area contributed by atoms with Crippen molar-refractivity contribution in [2.75, 3.05) is 7.05 Å². The van der Waals surface area contributed by atoms with Crippen LogP contribution in [0.15, 0.2) is 66.2 Å². The molecular formula is C21H18FN5. The number of allylic oxidation sites excluding steroid dienone is 1. The molecule has 0 bridgehead atoms. The fourth-order valence-electron chi connectivity index (χ4n) is 3.18. The Labute approximate surface area is 155 Å². The minimum absolute atomic E-state index is 0.293. The molecule has 134 valence electrons. The van der Waals surface area contributed by atoms with E-state index in [1.54, 1.807) is 30.1 Å². The molecule has 2 N–H and O–H groups in total. The van der Waals surface area contributed by atoms with Crippen molar-refractivity contribution in [1.29, 1.82) is 0 Å². The third-order valence-corrected chi connectivity index (χ3v) is 4.47. The smallest absolute Gasteiger partial charge is 0.173 e. The lowest BCUT2D eigenvalue weighted by atomic mass is 10.1. The van der Waals surface area contributed by atoms with E-state index in [0.717, 1.165) is 22.2 Å². The van der Waals surface area contributed by atoms with Gasteiger partial charge in [0.05, 0.1) is 5.52 Å². The largest absolute Gasteiger partial charge is 0.404 e. The number of nitrogens with two attached hydrogens (primary N) is 1. The molecule has 0 atom stereocenters. The number of aliphatic imine (C=N–C) groups is 1. The molecule has 1 aromatic carbocycles. The monoisotopic (exact) mass is 359 g/mol. The molecule has 5 nitrogen and oxygen atoms in total. The average molecular weight is 359 g/mol. The summed E-state index contributed by atoms with van der Waals surface area (Å²) in [7, 11) is 1.65. The van der Waals surface area contributed by atoms with Crippen LogP contribution in [0.2, 0.25) is 0 Å². The first kappa shape index (κ1) is 16.9. The number of halogens is 1. The summed E-state index contributed by atoms with van der Waals surface area (Å²) >= 11 is 0. The summed E-state index contributed by atoms with van der Waals surface area (Å²) < 4.78 is 16.3.